The van der Waals surface area contributed by atoms with E-state index in [4.69, 9.17) is 5.26 Å². The number of rotatable bonds is 5. The Hall–Kier alpha value is -3.05. The summed E-state index contributed by atoms with van der Waals surface area (Å²) in [6, 6.07) is 11.2. The quantitative estimate of drug-likeness (QED) is 0.771. The molecule has 0 aliphatic rings. The number of halogens is 1. The van der Waals surface area contributed by atoms with Gasteiger partial charge >= 0.3 is 0 Å². The Balaban J connectivity index is 1.78. The van der Waals surface area contributed by atoms with Crippen LogP contribution < -0.4 is 5.32 Å². The van der Waals surface area contributed by atoms with Gasteiger partial charge in [0, 0.05) is 4.88 Å². The molecule has 8 heteroatoms. The largest absolute Gasteiger partial charge is 0.343 e. The molecule has 1 N–H and O–H groups in total. The maximum absolute atomic E-state index is 13.1. The monoisotopic (exact) mass is 341 g/mol. The molecule has 2 aromatic heterocycles. The second kappa shape index (κ2) is 7.02. The van der Waals surface area contributed by atoms with Gasteiger partial charge in [-0.25, -0.2) is 14.1 Å². The summed E-state index contributed by atoms with van der Waals surface area (Å²) in [6.45, 7) is -0.0578. The number of aromatic nitrogens is 3. The van der Waals surface area contributed by atoms with Gasteiger partial charge in [-0.3, -0.25) is 4.79 Å². The van der Waals surface area contributed by atoms with E-state index in [2.05, 4.69) is 15.4 Å². The predicted octanol–water partition coefficient (Wildman–Crippen LogP) is 2.26. The number of hydrogen-bond donors (Lipinski definition) is 1. The van der Waals surface area contributed by atoms with E-state index in [-0.39, 0.29) is 30.1 Å². The minimum absolute atomic E-state index is 0.0103. The van der Waals surface area contributed by atoms with E-state index in [1.807, 2.05) is 17.5 Å². The SMILES string of the molecule is N#Cc1ncn(CC(=O)N[C@@H](c2ccc(F)cc2)c2cccs2)n1. The third kappa shape index (κ3) is 3.64. The Morgan fingerprint density at radius 1 is 1.38 bits per heavy atom. The van der Waals surface area contributed by atoms with Crippen molar-refractivity contribution in [3.63, 3.8) is 0 Å². The first kappa shape index (κ1) is 15.8. The summed E-state index contributed by atoms with van der Waals surface area (Å²) >= 11 is 1.50. The summed E-state index contributed by atoms with van der Waals surface area (Å²) in [4.78, 5) is 17.0. The number of amides is 1. The summed E-state index contributed by atoms with van der Waals surface area (Å²) < 4.78 is 14.4. The highest BCUT2D eigenvalue weighted by atomic mass is 32.1. The van der Waals surface area contributed by atoms with Gasteiger partial charge in [0.15, 0.2) is 0 Å². The van der Waals surface area contributed by atoms with Crippen molar-refractivity contribution in [3.05, 3.63) is 70.2 Å². The van der Waals surface area contributed by atoms with Gasteiger partial charge < -0.3 is 5.32 Å². The standard InChI is InChI=1S/C16H12FN5OS/c17-12-5-3-11(4-6-12)16(13-2-1-7-24-13)20-15(23)9-22-10-19-14(8-18)21-22/h1-7,10,16H,9H2,(H,20,23)/t16-/m0/s1. The van der Waals surface area contributed by atoms with Crippen LogP contribution in [0.3, 0.4) is 0 Å². The van der Waals surface area contributed by atoms with Gasteiger partial charge in [0.2, 0.25) is 5.91 Å². The van der Waals surface area contributed by atoms with E-state index in [0.717, 1.165) is 10.4 Å². The van der Waals surface area contributed by atoms with Crippen LogP contribution in [0.2, 0.25) is 0 Å². The van der Waals surface area contributed by atoms with E-state index in [1.54, 1.807) is 18.2 Å². The van der Waals surface area contributed by atoms with Crippen molar-refractivity contribution < 1.29 is 9.18 Å². The lowest BCUT2D eigenvalue weighted by Gasteiger charge is -2.18. The van der Waals surface area contributed by atoms with Crippen LogP contribution in [-0.2, 0) is 11.3 Å². The predicted molar refractivity (Wildman–Crippen MR) is 85.4 cm³/mol. The van der Waals surface area contributed by atoms with Crippen molar-refractivity contribution in [3.8, 4) is 6.07 Å². The van der Waals surface area contributed by atoms with Crippen molar-refractivity contribution in [1.82, 2.24) is 20.1 Å². The summed E-state index contributed by atoms with van der Waals surface area (Å²) in [5.41, 5.74) is 0.781. The average Bonchev–Trinajstić information content (AvgIpc) is 3.25. The average molecular weight is 341 g/mol. The van der Waals surface area contributed by atoms with Crippen LogP contribution in [0.5, 0.6) is 0 Å². The Morgan fingerprint density at radius 2 is 2.17 bits per heavy atom. The van der Waals surface area contributed by atoms with Crippen LogP contribution in [0.25, 0.3) is 0 Å². The molecule has 0 radical (unpaired) electrons. The van der Waals surface area contributed by atoms with Crippen LogP contribution >= 0.6 is 11.3 Å². The number of thiophene rings is 1. The molecule has 0 saturated heterocycles. The van der Waals surface area contributed by atoms with Gasteiger partial charge in [-0.15, -0.1) is 16.4 Å². The molecule has 0 saturated carbocycles. The Kier molecular flexibility index (Phi) is 4.63. The molecule has 0 aliphatic heterocycles. The number of nitrogens with zero attached hydrogens (tertiary/aromatic N) is 4. The van der Waals surface area contributed by atoms with Gasteiger partial charge in [0.05, 0.1) is 6.04 Å². The van der Waals surface area contributed by atoms with Gasteiger partial charge in [-0.2, -0.15) is 5.26 Å². The normalized spacial score (nSPS) is 11.7. The molecule has 3 aromatic rings. The van der Waals surface area contributed by atoms with E-state index in [9.17, 15) is 9.18 Å². The van der Waals surface area contributed by atoms with E-state index in [1.165, 1.54) is 34.5 Å². The third-order valence-electron chi connectivity index (χ3n) is 3.28. The van der Waals surface area contributed by atoms with Crippen molar-refractivity contribution in [2.45, 2.75) is 12.6 Å². The van der Waals surface area contributed by atoms with Gasteiger partial charge in [0.1, 0.15) is 24.8 Å². The number of benzene rings is 1. The molecule has 0 spiro atoms. The second-order valence-corrected chi connectivity index (χ2v) is 5.92. The fraction of sp³-hybridized carbons (Fsp3) is 0.125. The van der Waals surface area contributed by atoms with Crippen LogP contribution in [0.4, 0.5) is 4.39 Å². The Morgan fingerprint density at radius 3 is 2.79 bits per heavy atom. The van der Waals surface area contributed by atoms with Crippen LogP contribution in [0.15, 0.2) is 48.1 Å². The van der Waals surface area contributed by atoms with Crippen molar-refractivity contribution in [2.75, 3.05) is 0 Å². The fourth-order valence-electron chi connectivity index (χ4n) is 2.21. The van der Waals surface area contributed by atoms with Crippen LogP contribution in [0.1, 0.15) is 22.3 Å². The highest BCUT2D eigenvalue weighted by Crippen LogP contribution is 2.26. The first-order valence-corrected chi connectivity index (χ1v) is 7.91. The molecule has 2 heterocycles. The van der Waals surface area contributed by atoms with Gasteiger partial charge in [-0.1, -0.05) is 18.2 Å². The third-order valence-corrected chi connectivity index (χ3v) is 4.22. The zero-order chi connectivity index (χ0) is 16.9. The lowest BCUT2D eigenvalue weighted by Crippen LogP contribution is -2.32. The van der Waals surface area contributed by atoms with Crippen molar-refractivity contribution >= 4 is 17.2 Å². The maximum atomic E-state index is 13.1. The van der Waals surface area contributed by atoms with E-state index in [0.29, 0.717) is 0 Å². The molecule has 1 amide bonds. The molecule has 0 fully saturated rings. The second-order valence-electron chi connectivity index (χ2n) is 4.95. The lowest BCUT2D eigenvalue weighted by molar-refractivity contribution is -0.122. The molecule has 120 valence electrons. The van der Waals surface area contributed by atoms with E-state index < -0.39 is 0 Å². The minimum Gasteiger partial charge on any atom is -0.343 e. The number of nitriles is 1. The molecule has 3 rings (SSSR count). The van der Waals surface area contributed by atoms with Crippen LogP contribution in [0, 0.1) is 17.1 Å². The van der Waals surface area contributed by atoms with E-state index >= 15 is 0 Å². The zero-order valence-corrected chi connectivity index (χ0v) is 13.2. The molecule has 0 bridgehead atoms. The van der Waals surface area contributed by atoms with Gasteiger partial charge in [0.25, 0.3) is 5.82 Å². The highest BCUT2D eigenvalue weighted by molar-refractivity contribution is 7.10. The smallest absolute Gasteiger partial charge is 0.252 e. The Labute approximate surface area is 141 Å². The zero-order valence-electron chi connectivity index (χ0n) is 12.4. The maximum Gasteiger partial charge on any atom is 0.252 e. The number of carbonyl (C=O) groups excluding carboxylic acids is 1. The molecular weight excluding hydrogens is 329 g/mol. The fourth-order valence-corrected chi connectivity index (χ4v) is 3.01. The molecule has 1 atom stereocenters. The first-order chi connectivity index (χ1) is 11.7. The molecule has 24 heavy (non-hydrogen) atoms. The first-order valence-electron chi connectivity index (χ1n) is 7.03. The van der Waals surface area contributed by atoms with Gasteiger partial charge in [-0.05, 0) is 29.1 Å². The molecule has 6 nitrogen and oxygen atoms in total. The summed E-state index contributed by atoms with van der Waals surface area (Å²) in [7, 11) is 0. The summed E-state index contributed by atoms with van der Waals surface area (Å²) in [5.74, 6) is -0.607. The molecule has 0 unspecified atom stereocenters. The minimum atomic E-state index is -0.378. The molecule has 0 aliphatic carbocycles. The lowest BCUT2D eigenvalue weighted by atomic mass is 10.1. The summed E-state index contributed by atoms with van der Waals surface area (Å²) in [5, 5.41) is 17.4. The van der Waals surface area contributed by atoms with Crippen molar-refractivity contribution in [2.24, 2.45) is 0 Å². The Bertz CT molecular complexity index is 867. The number of nitrogens with one attached hydrogen (secondary N) is 1. The van der Waals surface area contributed by atoms with Crippen molar-refractivity contribution in [1.29, 1.82) is 5.26 Å². The summed E-state index contributed by atoms with van der Waals surface area (Å²) in [6.07, 6.45) is 1.33. The molecule has 1 aromatic carbocycles. The number of hydrogen-bond acceptors (Lipinski definition) is 5. The topological polar surface area (TPSA) is 83.6 Å². The van der Waals surface area contributed by atoms with Crippen LogP contribution in [-0.4, -0.2) is 20.7 Å². The highest BCUT2D eigenvalue weighted by Gasteiger charge is 2.18. The number of carbonyl (C=O) groups is 1. The molecular formula is C16H12FN5OS.